The molecule has 0 amide bonds. The van der Waals surface area contributed by atoms with Gasteiger partial charge in [-0.25, -0.2) is 13.2 Å². The number of halogens is 3. The van der Waals surface area contributed by atoms with Crippen molar-refractivity contribution in [1.82, 2.24) is 0 Å². The van der Waals surface area contributed by atoms with Crippen molar-refractivity contribution in [3.8, 4) is 0 Å². The topological polar surface area (TPSA) is 24.4 Å². The van der Waals surface area contributed by atoms with E-state index in [0.29, 0.717) is 11.1 Å². The summed E-state index contributed by atoms with van der Waals surface area (Å²) < 4.78 is 39.4. The molecule has 2 unspecified atom stereocenters. The Kier molecular flexibility index (Phi) is 3.90. The first-order chi connectivity index (χ1) is 9.97. The Bertz CT molecular complexity index is 567. The van der Waals surface area contributed by atoms with Gasteiger partial charge in [-0.1, -0.05) is 31.5 Å². The molecule has 1 fully saturated rings. The second-order valence-corrected chi connectivity index (χ2v) is 6.97. The van der Waals surface area contributed by atoms with Gasteiger partial charge in [0.05, 0.1) is 5.54 Å². The number of rotatable bonds is 1. The average molecular weight is 314 g/mol. The van der Waals surface area contributed by atoms with Gasteiger partial charge in [-0.2, -0.15) is 0 Å². The molecule has 1 aliphatic heterocycles. The number of anilines is 1. The summed E-state index contributed by atoms with van der Waals surface area (Å²) in [4.78, 5) is 4.74. The lowest BCUT2D eigenvalue weighted by atomic mass is 9.78. The predicted octanol–water partition coefficient (Wildman–Crippen LogP) is 4.57. The van der Waals surface area contributed by atoms with E-state index in [0.717, 1.165) is 37.1 Å². The van der Waals surface area contributed by atoms with Crippen LogP contribution in [0.2, 0.25) is 0 Å². The highest BCUT2D eigenvalue weighted by molar-refractivity contribution is 8.14. The van der Waals surface area contributed by atoms with Crippen molar-refractivity contribution in [2.75, 3.05) is 11.1 Å². The molecule has 21 heavy (non-hydrogen) atoms. The van der Waals surface area contributed by atoms with Crippen LogP contribution in [0.4, 0.5) is 18.9 Å². The van der Waals surface area contributed by atoms with Gasteiger partial charge < -0.3 is 5.32 Å². The molecule has 0 saturated heterocycles. The molecule has 2 nitrogen and oxygen atoms in total. The van der Waals surface area contributed by atoms with Crippen LogP contribution < -0.4 is 5.32 Å². The minimum Gasteiger partial charge on any atom is -0.335 e. The molecule has 6 heteroatoms. The van der Waals surface area contributed by atoms with Gasteiger partial charge in [-0.05, 0) is 18.8 Å². The van der Waals surface area contributed by atoms with Crippen LogP contribution in [0.25, 0.3) is 0 Å². The average Bonchev–Trinajstić information content (AvgIpc) is 2.78. The summed E-state index contributed by atoms with van der Waals surface area (Å²) in [5.41, 5.74) is 0.153. The third-order valence-corrected chi connectivity index (χ3v) is 5.27. The number of thioether (sulfide) groups is 1. The number of benzene rings is 1. The summed E-state index contributed by atoms with van der Waals surface area (Å²) in [5, 5.41) is 3.56. The molecule has 1 N–H and O–H groups in total. The molecule has 3 rings (SSSR count). The number of hydrogen-bond donors (Lipinski definition) is 1. The minimum absolute atomic E-state index is 0.0399. The number of aliphatic imine (C=N–C) groups is 1. The van der Waals surface area contributed by atoms with Crippen molar-refractivity contribution in [2.24, 2.45) is 10.9 Å². The Balaban J connectivity index is 1.77. The van der Waals surface area contributed by atoms with Crippen molar-refractivity contribution in [1.29, 1.82) is 0 Å². The van der Waals surface area contributed by atoms with Gasteiger partial charge >= 0.3 is 0 Å². The lowest BCUT2D eigenvalue weighted by Crippen LogP contribution is -2.33. The Morgan fingerprint density at radius 1 is 1.29 bits per heavy atom. The van der Waals surface area contributed by atoms with Crippen LogP contribution in [-0.4, -0.2) is 16.5 Å². The number of nitrogens with zero attached hydrogens (tertiary/aromatic N) is 1. The first kappa shape index (κ1) is 14.8. The molecular formula is C15H17F3N2S. The van der Waals surface area contributed by atoms with Crippen molar-refractivity contribution in [3.05, 3.63) is 29.6 Å². The van der Waals surface area contributed by atoms with Crippen LogP contribution in [0.3, 0.4) is 0 Å². The van der Waals surface area contributed by atoms with E-state index in [4.69, 9.17) is 4.99 Å². The molecule has 1 heterocycles. The number of amidine groups is 1. The highest BCUT2D eigenvalue weighted by Gasteiger charge is 2.39. The van der Waals surface area contributed by atoms with Crippen LogP contribution in [0.15, 0.2) is 17.1 Å². The molecule has 1 spiro atoms. The summed E-state index contributed by atoms with van der Waals surface area (Å²) in [6, 6.07) is 1.91. The first-order valence-corrected chi connectivity index (χ1v) is 8.10. The van der Waals surface area contributed by atoms with E-state index < -0.39 is 17.5 Å². The Hall–Kier alpha value is -1.17. The highest BCUT2D eigenvalue weighted by atomic mass is 32.2. The van der Waals surface area contributed by atoms with E-state index in [1.807, 2.05) is 0 Å². The second-order valence-electron chi connectivity index (χ2n) is 6.01. The van der Waals surface area contributed by atoms with E-state index in [1.165, 1.54) is 6.42 Å². The van der Waals surface area contributed by atoms with Gasteiger partial charge in [0.2, 0.25) is 0 Å². The predicted molar refractivity (Wildman–Crippen MR) is 80.2 cm³/mol. The Morgan fingerprint density at radius 2 is 2.00 bits per heavy atom. The monoisotopic (exact) mass is 314 g/mol. The normalized spacial score (nSPS) is 28.8. The van der Waals surface area contributed by atoms with E-state index in [1.54, 1.807) is 11.8 Å². The molecule has 0 bridgehead atoms. The summed E-state index contributed by atoms with van der Waals surface area (Å²) >= 11 is 1.56. The van der Waals surface area contributed by atoms with Crippen LogP contribution in [0.5, 0.6) is 0 Å². The minimum atomic E-state index is -1.45. The van der Waals surface area contributed by atoms with Crippen LogP contribution in [-0.2, 0) is 0 Å². The molecule has 1 saturated carbocycles. The summed E-state index contributed by atoms with van der Waals surface area (Å²) in [5.74, 6) is -2.28. The molecule has 1 aromatic carbocycles. The quantitative estimate of drug-likeness (QED) is 0.768. The smallest absolute Gasteiger partial charge is 0.194 e. The maximum atomic E-state index is 13.2. The standard InChI is InChI=1S/C15H17F3N2S/c1-9-3-2-4-15(7-9)8-21-14(20-15)19-10-5-11(16)13(18)12(17)6-10/h5-6,9H,2-4,7-8H2,1H3,(H,19,20). The van der Waals surface area contributed by atoms with Crippen LogP contribution in [0, 0.1) is 23.4 Å². The van der Waals surface area contributed by atoms with E-state index >= 15 is 0 Å². The maximum absolute atomic E-state index is 13.2. The third-order valence-electron chi connectivity index (χ3n) is 4.12. The summed E-state index contributed by atoms with van der Waals surface area (Å²) in [7, 11) is 0. The lowest BCUT2D eigenvalue weighted by Gasteiger charge is -2.33. The largest absolute Gasteiger partial charge is 0.335 e. The third kappa shape index (κ3) is 3.05. The molecule has 2 aliphatic rings. The Labute approximate surface area is 126 Å². The second kappa shape index (κ2) is 5.55. The van der Waals surface area contributed by atoms with Gasteiger partial charge in [0.1, 0.15) is 0 Å². The zero-order chi connectivity index (χ0) is 15.0. The Morgan fingerprint density at radius 3 is 2.67 bits per heavy atom. The number of hydrogen-bond acceptors (Lipinski definition) is 3. The zero-order valence-corrected chi connectivity index (χ0v) is 12.6. The van der Waals surface area contributed by atoms with Gasteiger partial charge in [-0.3, -0.25) is 4.99 Å². The molecule has 2 atom stereocenters. The lowest BCUT2D eigenvalue weighted by molar-refractivity contribution is 0.266. The van der Waals surface area contributed by atoms with E-state index in [9.17, 15) is 13.2 Å². The molecular weight excluding hydrogens is 297 g/mol. The van der Waals surface area contributed by atoms with Crippen LogP contribution >= 0.6 is 11.8 Å². The molecule has 0 aromatic heterocycles. The fraction of sp³-hybridized carbons (Fsp3) is 0.533. The highest BCUT2D eigenvalue weighted by Crippen LogP contribution is 2.42. The van der Waals surface area contributed by atoms with Gasteiger partial charge in [0, 0.05) is 23.6 Å². The SMILES string of the molecule is CC1CCCC2(CSC(Nc3cc(F)c(F)c(F)c3)=N2)C1. The van der Waals surface area contributed by atoms with Crippen molar-refractivity contribution >= 4 is 22.6 Å². The molecule has 0 radical (unpaired) electrons. The van der Waals surface area contributed by atoms with Gasteiger partial charge in [0.15, 0.2) is 22.6 Å². The zero-order valence-electron chi connectivity index (χ0n) is 11.8. The summed E-state index contributed by atoms with van der Waals surface area (Å²) in [6.45, 7) is 2.23. The van der Waals surface area contributed by atoms with Crippen molar-refractivity contribution in [3.63, 3.8) is 0 Å². The maximum Gasteiger partial charge on any atom is 0.194 e. The number of nitrogens with one attached hydrogen (secondary N) is 1. The molecule has 114 valence electrons. The summed E-state index contributed by atoms with van der Waals surface area (Å²) in [6.07, 6.45) is 4.51. The fourth-order valence-corrected chi connectivity index (χ4v) is 4.34. The van der Waals surface area contributed by atoms with Gasteiger partial charge in [-0.15, -0.1) is 0 Å². The first-order valence-electron chi connectivity index (χ1n) is 7.12. The molecule has 1 aromatic rings. The van der Waals surface area contributed by atoms with E-state index in [-0.39, 0.29) is 11.2 Å². The van der Waals surface area contributed by atoms with Crippen LogP contribution in [0.1, 0.15) is 32.6 Å². The fourth-order valence-electron chi connectivity index (χ4n) is 3.16. The van der Waals surface area contributed by atoms with Crippen molar-refractivity contribution in [2.45, 2.75) is 38.1 Å². The van der Waals surface area contributed by atoms with E-state index in [2.05, 4.69) is 12.2 Å². The van der Waals surface area contributed by atoms with Crippen molar-refractivity contribution < 1.29 is 13.2 Å². The molecule has 1 aliphatic carbocycles. The van der Waals surface area contributed by atoms with Gasteiger partial charge in [0.25, 0.3) is 0 Å².